The molecule has 6 heteroatoms. The van der Waals surface area contributed by atoms with Gasteiger partial charge in [-0.3, -0.25) is 4.57 Å². The molecule has 2 aromatic carbocycles. The summed E-state index contributed by atoms with van der Waals surface area (Å²) in [5, 5.41) is 6.24. The van der Waals surface area contributed by atoms with E-state index in [1.165, 1.54) is 0 Å². The molecule has 0 atom stereocenters. The third kappa shape index (κ3) is 2.75. The number of halogens is 1. The Kier molecular flexibility index (Phi) is 3.63. The topological polar surface area (TPSA) is 42.7 Å². The minimum Gasteiger partial charge on any atom is -0.331 e. The molecule has 114 valence electrons. The zero-order valence-electron chi connectivity index (χ0n) is 12.3. The summed E-state index contributed by atoms with van der Waals surface area (Å²) < 4.78 is 3.12. The van der Waals surface area contributed by atoms with Gasteiger partial charge in [-0.25, -0.2) is 9.97 Å². The van der Waals surface area contributed by atoms with Crippen molar-refractivity contribution < 1.29 is 0 Å². The lowest BCUT2D eigenvalue weighted by atomic mass is 10.3. The maximum absolute atomic E-state index is 4.70. The number of anilines is 2. The summed E-state index contributed by atoms with van der Waals surface area (Å²) in [4.78, 5) is 9.30. The highest BCUT2D eigenvalue weighted by Gasteiger charge is 2.12. The van der Waals surface area contributed by atoms with E-state index in [2.05, 4.69) is 36.9 Å². The van der Waals surface area contributed by atoms with Crippen LogP contribution in [0.25, 0.3) is 16.9 Å². The van der Waals surface area contributed by atoms with Crippen LogP contribution in [0.2, 0.25) is 0 Å². The lowest BCUT2D eigenvalue weighted by molar-refractivity contribution is 0.970. The number of nitrogens with one attached hydrogen (secondary N) is 1. The first-order valence-electron chi connectivity index (χ1n) is 7.13. The van der Waals surface area contributed by atoms with Crippen LogP contribution in [-0.4, -0.2) is 14.5 Å². The molecule has 0 radical (unpaired) electrons. The van der Waals surface area contributed by atoms with Crippen LogP contribution in [-0.2, 0) is 0 Å². The predicted molar refractivity (Wildman–Crippen MR) is 98.9 cm³/mol. The molecule has 0 aliphatic carbocycles. The molecular formula is C17H13BrN4S. The standard InChI is InChI=1S/C17H13BrN4S/c1-11-19-14-7-2-3-8-15(14)22(11)16-10-23-17(21-16)20-13-6-4-5-12(18)9-13/h2-10H,1H3,(H,20,21). The summed E-state index contributed by atoms with van der Waals surface area (Å²) in [6.45, 7) is 2.00. The molecule has 0 spiro atoms. The molecule has 4 nitrogen and oxygen atoms in total. The van der Waals surface area contributed by atoms with Crippen molar-refractivity contribution in [3.8, 4) is 5.82 Å². The van der Waals surface area contributed by atoms with Crippen LogP contribution in [0.1, 0.15) is 5.82 Å². The van der Waals surface area contributed by atoms with Crippen molar-refractivity contribution in [1.82, 2.24) is 14.5 Å². The van der Waals surface area contributed by atoms with Crippen LogP contribution in [0.4, 0.5) is 10.8 Å². The average molecular weight is 385 g/mol. The number of fused-ring (bicyclic) bond motifs is 1. The first-order valence-corrected chi connectivity index (χ1v) is 8.80. The van der Waals surface area contributed by atoms with Crippen molar-refractivity contribution in [2.24, 2.45) is 0 Å². The largest absolute Gasteiger partial charge is 0.331 e. The zero-order valence-corrected chi connectivity index (χ0v) is 14.7. The van der Waals surface area contributed by atoms with E-state index in [-0.39, 0.29) is 0 Å². The Labute approximate surface area is 146 Å². The zero-order chi connectivity index (χ0) is 15.8. The summed E-state index contributed by atoms with van der Waals surface area (Å²) in [6.07, 6.45) is 0. The van der Waals surface area contributed by atoms with E-state index in [0.717, 1.165) is 38.0 Å². The van der Waals surface area contributed by atoms with E-state index < -0.39 is 0 Å². The number of rotatable bonds is 3. The Morgan fingerprint density at radius 1 is 1.09 bits per heavy atom. The Morgan fingerprint density at radius 2 is 1.96 bits per heavy atom. The quantitative estimate of drug-likeness (QED) is 0.521. The Balaban J connectivity index is 1.71. The maximum Gasteiger partial charge on any atom is 0.189 e. The minimum absolute atomic E-state index is 0.857. The molecule has 0 aliphatic rings. The fourth-order valence-corrected chi connectivity index (χ4v) is 3.65. The maximum atomic E-state index is 4.70. The Bertz CT molecular complexity index is 989. The van der Waals surface area contributed by atoms with Crippen LogP contribution in [0.15, 0.2) is 58.4 Å². The van der Waals surface area contributed by atoms with Gasteiger partial charge in [0.25, 0.3) is 0 Å². The van der Waals surface area contributed by atoms with Crippen molar-refractivity contribution in [1.29, 1.82) is 0 Å². The second-order valence-corrected chi connectivity index (χ2v) is 6.90. The fourth-order valence-electron chi connectivity index (χ4n) is 2.55. The summed E-state index contributed by atoms with van der Waals surface area (Å²) in [6, 6.07) is 16.1. The van der Waals surface area contributed by atoms with Crippen molar-refractivity contribution >= 4 is 49.1 Å². The molecule has 0 unspecified atom stereocenters. The van der Waals surface area contributed by atoms with Gasteiger partial charge in [-0.2, -0.15) is 0 Å². The molecule has 0 fully saturated rings. The first-order chi connectivity index (χ1) is 11.2. The van der Waals surface area contributed by atoms with Crippen LogP contribution in [0.3, 0.4) is 0 Å². The first kappa shape index (κ1) is 14.4. The van der Waals surface area contributed by atoms with E-state index >= 15 is 0 Å². The number of benzene rings is 2. The van der Waals surface area contributed by atoms with Gasteiger partial charge in [-0.05, 0) is 37.3 Å². The van der Waals surface area contributed by atoms with Gasteiger partial charge in [0.2, 0.25) is 0 Å². The van der Waals surface area contributed by atoms with Crippen LogP contribution >= 0.6 is 27.3 Å². The molecule has 2 heterocycles. The number of aromatic nitrogens is 3. The van der Waals surface area contributed by atoms with Crippen molar-refractivity contribution in [2.45, 2.75) is 6.92 Å². The van der Waals surface area contributed by atoms with Gasteiger partial charge >= 0.3 is 0 Å². The number of aryl methyl sites for hydroxylation is 1. The highest BCUT2D eigenvalue weighted by atomic mass is 79.9. The third-order valence-electron chi connectivity index (χ3n) is 3.53. The van der Waals surface area contributed by atoms with E-state index in [1.807, 2.05) is 54.8 Å². The molecule has 2 aromatic heterocycles. The van der Waals surface area contributed by atoms with E-state index in [9.17, 15) is 0 Å². The summed E-state index contributed by atoms with van der Waals surface area (Å²) in [7, 11) is 0. The predicted octanol–water partition coefficient (Wildman–Crippen LogP) is 5.30. The number of imidazole rings is 1. The van der Waals surface area contributed by atoms with Crippen molar-refractivity contribution in [3.05, 3.63) is 64.2 Å². The van der Waals surface area contributed by atoms with Gasteiger partial charge in [0.15, 0.2) is 10.9 Å². The van der Waals surface area contributed by atoms with Crippen molar-refractivity contribution in [3.63, 3.8) is 0 Å². The highest BCUT2D eigenvalue weighted by Crippen LogP contribution is 2.27. The van der Waals surface area contributed by atoms with Crippen molar-refractivity contribution in [2.75, 3.05) is 5.32 Å². The lowest BCUT2D eigenvalue weighted by Gasteiger charge is -2.04. The average Bonchev–Trinajstić information content (AvgIpc) is 3.10. The van der Waals surface area contributed by atoms with Gasteiger partial charge in [0, 0.05) is 15.5 Å². The van der Waals surface area contributed by atoms with Gasteiger partial charge < -0.3 is 5.32 Å². The Morgan fingerprint density at radius 3 is 2.83 bits per heavy atom. The normalized spacial score (nSPS) is 11.0. The fraction of sp³-hybridized carbons (Fsp3) is 0.0588. The van der Waals surface area contributed by atoms with Gasteiger partial charge in [-0.1, -0.05) is 34.1 Å². The lowest BCUT2D eigenvalue weighted by Crippen LogP contribution is -1.98. The second kappa shape index (κ2) is 5.79. The summed E-state index contributed by atoms with van der Waals surface area (Å²) in [5.74, 6) is 1.82. The van der Waals surface area contributed by atoms with Gasteiger partial charge in [-0.15, -0.1) is 11.3 Å². The number of hydrogen-bond donors (Lipinski definition) is 1. The van der Waals surface area contributed by atoms with E-state index in [1.54, 1.807) is 11.3 Å². The number of nitrogens with zero attached hydrogens (tertiary/aromatic N) is 3. The second-order valence-electron chi connectivity index (χ2n) is 5.13. The molecule has 1 N–H and O–H groups in total. The summed E-state index contributed by atoms with van der Waals surface area (Å²) >= 11 is 5.06. The number of para-hydroxylation sites is 2. The molecule has 23 heavy (non-hydrogen) atoms. The van der Waals surface area contributed by atoms with Gasteiger partial charge in [0.05, 0.1) is 11.0 Å². The minimum atomic E-state index is 0.857. The van der Waals surface area contributed by atoms with Gasteiger partial charge in [0.1, 0.15) is 5.82 Å². The van der Waals surface area contributed by atoms with Crippen LogP contribution < -0.4 is 5.32 Å². The molecule has 0 bridgehead atoms. The van der Waals surface area contributed by atoms with E-state index in [0.29, 0.717) is 0 Å². The van der Waals surface area contributed by atoms with Crippen LogP contribution in [0.5, 0.6) is 0 Å². The molecule has 0 saturated carbocycles. The molecule has 0 amide bonds. The SMILES string of the molecule is Cc1nc2ccccc2n1-c1csc(Nc2cccc(Br)c2)n1. The number of hydrogen-bond acceptors (Lipinski definition) is 4. The molecule has 4 rings (SSSR count). The third-order valence-corrected chi connectivity index (χ3v) is 4.76. The molecule has 0 saturated heterocycles. The molecular weight excluding hydrogens is 372 g/mol. The van der Waals surface area contributed by atoms with Crippen LogP contribution in [0, 0.1) is 6.92 Å². The molecule has 0 aliphatic heterocycles. The monoisotopic (exact) mass is 384 g/mol. The Hall–Kier alpha value is -2.18. The molecule has 4 aromatic rings. The highest BCUT2D eigenvalue weighted by molar-refractivity contribution is 9.10. The number of thiazole rings is 1. The van der Waals surface area contributed by atoms with E-state index in [4.69, 9.17) is 4.98 Å². The summed E-state index contributed by atoms with van der Waals surface area (Å²) in [5.41, 5.74) is 3.07. The smallest absolute Gasteiger partial charge is 0.189 e.